The maximum atomic E-state index is 2.37. The van der Waals surface area contributed by atoms with Crippen LogP contribution in [0.3, 0.4) is 0 Å². The maximum Gasteiger partial charge on any atom is 0.0632 e. The Kier molecular flexibility index (Phi) is 5.52. The van der Waals surface area contributed by atoms with E-state index in [-0.39, 0.29) is 0 Å². The number of unbranched alkanes of at least 4 members (excludes halogenated alkanes) is 1. The Labute approximate surface area is 144 Å². The van der Waals surface area contributed by atoms with E-state index in [4.69, 9.17) is 0 Å². The van der Waals surface area contributed by atoms with Crippen molar-refractivity contribution in [1.29, 1.82) is 0 Å². The molecule has 0 heterocycles. The fourth-order valence-electron chi connectivity index (χ4n) is 2.82. The van der Waals surface area contributed by atoms with Crippen LogP contribution in [0.4, 0.5) is 17.1 Å². The molecule has 0 fully saturated rings. The number of hydrogen-bond acceptors (Lipinski definition) is 2. The number of hydrogen-bond donors (Lipinski definition) is 0. The van der Waals surface area contributed by atoms with Crippen molar-refractivity contribution in [2.75, 3.05) is 16.6 Å². The fraction of sp³-hybridized carbons (Fsp3) is 0.182. The molecule has 0 aliphatic heterocycles. The van der Waals surface area contributed by atoms with Crippen molar-refractivity contribution in [2.45, 2.75) is 19.8 Å². The Balaban J connectivity index is 2.07. The lowest BCUT2D eigenvalue weighted by Crippen LogP contribution is -2.40. The minimum absolute atomic E-state index is 0.976. The largest absolute Gasteiger partial charge is 0.281 e. The van der Waals surface area contributed by atoms with Gasteiger partial charge in [-0.3, -0.25) is 10.0 Å². The second kappa shape index (κ2) is 8.21. The topological polar surface area (TPSA) is 6.48 Å². The lowest BCUT2D eigenvalue weighted by Gasteiger charge is -2.38. The lowest BCUT2D eigenvalue weighted by atomic mass is 10.2. The van der Waals surface area contributed by atoms with Gasteiger partial charge in [0.15, 0.2) is 0 Å². The van der Waals surface area contributed by atoms with Gasteiger partial charge in [0.2, 0.25) is 0 Å². The number of benzene rings is 3. The molecule has 0 aromatic heterocycles. The third-order valence-corrected chi connectivity index (χ3v) is 4.02. The second-order valence-corrected chi connectivity index (χ2v) is 5.80. The normalized spacial score (nSPS) is 10.4. The highest BCUT2D eigenvalue weighted by Crippen LogP contribution is 2.30. The molecule has 0 aliphatic carbocycles. The summed E-state index contributed by atoms with van der Waals surface area (Å²) in [5, 5.41) is 4.68. The Bertz CT molecular complexity index is 671. The number of para-hydroxylation sites is 3. The van der Waals surface area contributed by atoms with Crippen LogP contribution in [0.5, 0.6) is 0 Å². The van der Waals surface area contributed by atoms with Crippen LogP contribution >= 0.6 is 0 Å². The van der Waals surface area contributed by atoms with Crippen LogP contribution in [0.25, 0.3) is 0 Å². The zero-order chi connectivity index (χ0) is 16.6. The third kappa shape index (κ3) is 3.77. The smallest absolute Gasteiger partial charge is 0.0632 e. The van der Waals surface area contributed by atoms with E-state index in [2.05, 4.69) is 108 Å². The minimum atomic E-state index is 0.976. The third-order valence-electron chi connectivity index (χ3n) is 4.02. The summed E-state index contributed by atoms with van der Waals surface area (Å²) in [7, 11) is 0. The van der Waals surface area contributed by atoms with Crippen LogP contribution in [0.1, 0.15) is 19.8 Å². The molecule has 0 N–H and O–H groups in total. The van der Waals surface area contributed by atoms with Crippen molar-refractivity contribution in [3.05, 3.63) is 91.0 Å². The summed E-state index contributed by atoms with van der Waals surface area (Å²) in [4.78, 5) is 0. The predicted molar refractivity (Wildman–Crippen MR) is 104 cm³/mol. The highest BCUT2D eigenvalue weighted by atomic mass is 15.6. The Hall–Kier alpha value is -2.74. The highest BCUT2D eigenvalue weighted by molar-refractivity contribution is 5.69. The number of hydrazine groups is 1. The molecule has 3 aromatic rings. The van der Waals surface area contributed by atoms with E-state index < -0.39 is 0 Å². The van der Waals surface area contributed by atoms with Gasteiger partial charge in [0.1, 0.15) is 0 Å². The average molecular weight is 316 g/mol. The van der Waals surface area contributed by atoms with Crippen LogP contribution in [0, 0.1) is 0 Å². The zero-order valence-electron chi connectivity index (χ0n) is 14.2. The monoisotopic (exact) mass is 316 g/mol. The van der Waals surface area contributed by atoms with Crippen LogP contribution in [0.15, 0.2) is 91.0 Å². The van der Waals surface area contributed by atoms with Crippen LogP contribution in [-0.4, -0.2) is 6.54 Å². The highest BCUT2D eigenvalue weighted by Gasteiger charge is 2.18. The van der Waals surface area contributed by atoms with Gasteiger partial charge in [-0.15, -0.1) is 0 Å². The van der Waals surface area contributed by atoms with Gasteiger partial charge in [0.05, 0.1) is 17.1 Å². The summed E-state index contributed by atoms with van der Waals surface area (Å²) < 4.78 is 0. The molecule has 0 saturated heterocycles. The maximum absolute atomic E-state index is 2.37. The SMILES string of the molecule is CCCCN(c1ccccc1)N(c1ccccc1)c1ccccc1. The number of anilines is 3. The predicted octanol–water partition coefficient (Wildman–Crippen LogP) is 6.05. The summed E-state index contributed by atoms with van der Waals surface area (Å²) >= 11 is 0. The van der Waals surface area contributed by atoms with Gasteiger partial charge in [0.25, 0.3) is 0 Å². The molecule has 122 valence electrons. The van der Waals surface area contributed by atoms with Crippen LogP contribution in [0.2, 0.25) is 0 Å². The van der Waals surface area contributed by atoms with E-state index in [9.17, 15) is 0 Å². The van der Waals surface area contributed by atoms with E-state index in [1.807, 2.05) is 0 Å². The van der Waals surface area contributed by atoms with Gasteiger partial charge in [-0.2, -0.15) is 0 Å². The van der Waals surface area contributed by atoms with Gasteiger partial charge < -0.3 is 0 Å². The summed E-state index contributed by atoms with van der Waals surface area (Å²) in [5.41, 5.74) is 3.55. The van der Waals surface area contributed by atoms with Gasteiger partial charge in [-0.05, 0) is 42.8 Å². The molecule has 0 saturated carbocycles. The van der Waals surface area contributed by atoms with Crippen molar-refractivity contribution >= 4 is 17.1 Å². The second-order valence-electron chi connectivity index (χ2n) is 5.80. The number of nitrogens with zero attached hydrogens (tertiary/aromatic N) is 2. The van der Waals surface area contributed by atoms with Gasteiger partial charge >= 0.3 is 0 Å². The fourth-order valence-corrected chi connectivity index (χ4v) is 2.82. The molecular weight excluding hydrogens is 292 g/mol. The quantitative estimate of drug-likeness (QED) is 0.490. The molecule has 0 radical (unpaired) electrons. The molecule has 0 unspecified atom stereocenters. The summed E-state index contributed by atoms with van der Waals surface area (Å²) in [6.07, 6.45) is 2.31. The molecule has 0 bridgehead atoms. The van der Waals surface area contributed by atoms with Gasteiger partial charge in [-0.25, -0.2) is 0 Å². The molecule has 0 amide bonds. The van der Waals surface area contributed by atoms with E-state index in [1.165, 1.54) is 23.5 Å². The molecule has 0 aliphatic rings. The van der Waals surface area contributed by atoms with Crippen molar-refractivity contribution in [3.63, 3.8) is 0 Å². The summed E-state index contributed by atoms with van der Waals surface area (Å²) in [5.74, 6) is 0. The van der Waals surface area contributed by atoms with Gasteiger partial charge in [0, 0.05) is 6.54 Å². The number of rotatable bonds is 7. The first-order chi connectivity index (χ1) is 11.9. The van der Waals surface area contributed by atoms with E-state index in [0.717, 1.165) is 13.0 Å². The van der Waals surface area contributed by atoms with Crippen molar-refractivity contribution < 1.29 is 0 Å². The molecule has 24 heavy (non-hydrogen) atoms. The Morgan fingerprint density at radius 2 is 1.00 bits per heavy atom. The molecule has 3 rings (SSSR count). The molecule has 3 aromatic carbocycles. The Morgan fingerprint density at radius 1 is 0.583 bits per heavy atom. The van der Waals surface area contributed by atoms with Crippen LogP contribution < -0.4 is 10.0 Å². The molecule has 0 atom stereocenters. The summed E-state index contributed by atoms with van der Waals surface area (Å²) in [6, 6.07) is 31.8. The lowest BCUT2D eigenvalue weighted by molar-refractivity contribution is 0.723. The summed E-state index contributed by atoms with van der Waals surface area (Å²) in [6.45, 7) is 3.21. The first kappa shape index (κ1) is 16.1. The van der Waals surface area contributed by atoms with Crippen molar-refractivity contribution in [2.24, 2.45) is 0 Å². The zero-order valence-corrected chi connectivity index (χ0v) is 14.2. The molecule has 2 heteroatoms. The Morgan fingerprint density at radius 3 is 1.42 bits per heavy atom. The van der Waals surface area contributed by atoms with Crippen molar-refractivity contribution in [3.8, 4) is 0 Å². The molecule has 2 nitrogen and oxygen atoms in total. The average Bonchev–Trinajstić information content (AvgIpc) is 2.67. The molecule has 0 spiro atoms. The van der Waals surface area contributed by atoms with Gasteiger partial charge in [-0.1, -0.05) is 67.9 Å². The van der Waals surface area contributed by atoms with E-state index in [0.29, 0.717) is 0 Å². The standard InChI is InChI=1S/C22H24N2/c1-2-3-19-23(20-13-7-4-8-14-20)24(21-15-9-5-10-16-21)22-17-11-6-12-18-22/h4-18H,2-3,19H2,1H3. The van der Waals surface area contributed by atoms with E-state index >= 15 is 0 Å². The van der Waals surface area contributed by atoms with Crippen molar-refractivity contribution in [1.82, 2.24) is 0 Å². The van der Waals surface area contributed by atoms with E-state index in [1.54, 1.807) is 0 Å². The van der Waals surface area contributed by atoms with Crippen LogP contribution in [-0.2, 0) is 0 Å². The minimum Gasteiger partial charge on any atom is -0.281 e. The first-order valence-electron chi connectivity index (χ1n) is 8.63. The first-order valence-corrected chi connectivity index (χ1v) is 8.63. The molecular formula is C22H24N2.